The third kappa shape index (κ3) is 6.99. The van der Waals surface area contributed by atoms with Crippen LogP contribution in [0.4, 0.5) is 5.69 Å². The number of ether oxygens (including phenoxy) is 4. The van der Waals surface area contributed by atoms with Crippen molar-refractivity contribution in [1.82, 2.24) is 5.32 Å². The van der Waals surface area contributed by atoms with Crippen LogP contribution in [0, 0.1) is 34.5 Å². The summed E-state index contributed by atoms with van der Waals surface area (Å²) in [5.74, 6) is 2.08. The predicted molar refractivity (Wildman–Crippen MR) is 185 cm³/mol. The van der Waals surface area contributed by atoms with Gasteiger partial charge in [-0.2, -0.15) is 0 Å². The first-order chi connectivity index (χ1) is 22.9. The minimum absolute atomic E-state index is 0.00894. The number of benzene rings is 2. The molecule has 0 spiro atoms. The number of hydrogen-bond acceptors (Lipinski definition) is 7. The van der Waals surface area contributed by atoms with Crippen molar-refractivity contribution < 1.29 is 33.3 Å². The fraction of sp³-hybridized carbons (Fsp3) is 0.615. The van der Waals surface area contributed by atoms with Crippen LogP contribution >= 0.6 is 0 Å². The van der Waals surface area contributed by atoms with Crippen LogP contribution in [0.3, 0.4) is 0 Å². The fourth-order valence-corrected chi connectivity index (χ4v) is 9.46. The van der Waals surface area contributed by atoms with Gasteiger partial charge in [-0.3, -0.25) is 9.59 Å². The first-order valence-electron chi connectivity index (χ1n) is 17.7. The number of nitrogens with one attached hydrogen (secondary N) is 2. The standard InChI is InChI=1S/C39H52N2O7/c1-37(2,3)48-35(43)24-46-21-20-45-22-23-47-32-11-7-8-25-26(32)9-6-10-31(25)40-36(44)30-14-13-28-27-12-15-33-39(5,19-17-34(42)41-33)29(27)16-18-38(28,30)4/h6-11,17,19,27-30,33H,12-16,18,20-24H2,1-5H3,(H,40,44)(H,41,42)/t27-,28-,29-,30+,33+,38-,39+/m0/s1. The second-order valence-electron chi connectivity index (χ2n) is 15.6. The molecule has 3 saturated carbocycles. The molecule has 9 nitrogen and oxygen atoms in total. The van der Waals surface area contributed by atoms with E-state index in [-0.39, 0.29) is 47.8 Å². The summed E-state index contributed by atoms with van der Waals surface area (Å²) in [6.07, 6.45) is 10.2. The van der Waals surface area contributed by atoms with Gasteiger partial charge in [0.15, 0.2) is 0 Å². The number of carbonyl (C=O) groups excluding carboxylic acids is 3. The first-order valence-corrected chi connectivity index (χ1v) is 17.7. The van der Waals surface area contributed by atoms with Crippen LogP contribution in [0.25, 0.3) is 10.8 Å². The highest BCUT2D eigenvalue weighted by Crippen LogP contribution is 2.65. The van der Waals surface area contributed by atoms with E-state index < -0.39 is 11.6 Å². The summed E-state index contributed by atoms with van der Waals surface area (Å²) in [5.41, 5.74) is 0.229. The molecular formula is C39H52N2O7. The Hall–Kier alpha value is -3.43. The molecule has 3 aliphatic carbocycles. The van der Waals surface area contributed by atoms with Crippen molar-refractivity contribution in [3.05, 3.63) is 48.6 Å². The van der Waals surface area contributed by atoms with Gasteiger partial charge in [0.1, 0.15) is 24.6 Å². The summed E-state index contributed by atoms with van der Waals surface area (Å²) in [5, 5.41) is 8.46. The van der Waals surface area contributed by atoms with Crippen LogP contribution in [0.5, 0.6) is 5.75 Å². The molecule has 0 radical (unpaired) electrons. The number of fused-ring (bicyclic) bond motifs is 6. The van der Waals surface area contributed by atoms with E-state index in [1.165, 1.54) is 0 Å². The van der Waals surface area contributed by atoms with Crippen molar-refractivity contribution in [1.29, 1.82) is 0 Å². The minimum atomic E-state index is -0.533. The zero-order chi connectivity index (χ0) is 34.1. The zero-order valence-electron chi connectivity index (χ0n) is 29.1. The summed E-state index contributed by atoms with van der Waals surface area (Å²) in [4.78, 5) is 37.9. The van der Waals surface area contributed by atoms with Crippen molar-refractivity contribution in [2.24, 2.45) is 34.5 Å². The van der Waals surface area contributed by atoms with E-state index in [4.69, 9.17) is 18.9 Å². The van der Waals surface area contributed by atoms with E-state index in [0.717, 1.165) is 60.7 Å². The highest BCUT2D eigenvalue weighted by molar-refractivity contribution is 6.04. The average molecular weight is 661 g/mol. The van der Waals surface area contributed by atoms with Gasteiger partial charge < -0.3 is 29.6 Å². The lowest BCUT2D eigenvalue weighted by atomic mass is 9.48. The van der Waals surface area contributed by atoms with Gasteiger partial charge in [0.05, 0.1) is 19.8 Å². The van der Waals surface area contributed by atoms with Crippen LogP contribution in [-0.2, 0) is 28.6 Å². The normalized spacial score (nSPS) is 30.9. The smallest absolute Gasteiger partial charge is 0.332 e. The van der Waals surface area contributed by atoms with E-state index in [0.29, 0.717) is 37.6 Å². The molecule has 1 heterocycles. The predicted octanol–water partition coefficient (Wildman–Crippen LogP) is 6.45. The summed E-state index contributed by atoms with van der Waals surface area (Å²) < 4.78 is 22.3. The van der Waals surface area contributed by atoms with Gasteiger partial charge >= 0.3 is 5.97 Å². The van der Waals surface area contributed by atoms with Crippen LogP contribution in [0.15, 0.2) is 48.6 Å². The van der Waals surface area contributed by atoms with Gasteiger partial charge in [-0.25, -0.2) is 4.79 Å². The molecule has 260 valence electrons. The monoisotopic (exact) mass is 660 g/mol. The molecule has 3 fully saturated rings. The molecule has 2 aromatic rings. The second kappa shape index (κ2) is 13.8. The van der Waals surface area contributed by atoms with Gasteiger partial charge in [0.25, 0.3) is 0 Å². The second-order valence-corrected chi connectivity index (χ2v) is 15.6. The highest BCUT2D eigenvalue weighted by Gasteiger charge is 2.60. The van der Waals surface area contributed by atoms with E-state index in [2.05, 4.69) is 30.6 Å². The van der Waals surface area contributed by atoms with E-state index in [9.17, 15) is 14.4 Å². The maximum atomic E-state index is 14.1. The van der Waals surface area contributed by atoms with Crippen LogP contribution < -0.4 is 15.4 Å². The third-order valence-electron chi connectivity index (χ3n) is 11.6. The quantitative estimate of drug-likeness (QED) is 0.211. The Labute approximate surface area is 284 Å². The number of anilines is 1. The van der Waals surface area contributed by atoms with Crippen LogP contribution in [-0.4, -0.2) is 62.5 Å². The van der Waals surface area contributed by atoms with Crippen molar-refractivity contribution in [3.8, 4) is 5.75 Å². The summed E-state index contributed by atoms with van der Waals surface area (Å²) >= 11 is 0. The number of hydrogen-bond donors (Lipinski definition) is 2. The molecule has 2 amide bonds. The molecular weight excluding hydrogens is 608 g/mol. The molecule has 0 unspecified atom stereocenters. The van der Waals surface area contributed by atoms with E-state index in [1.54, 1.807) is 6.08 Å². The number of amides is 2. The minimum Gasteiger partial charge on any atom is -0.491 e. The maximum Gasteiger partial charge on any atom is 0.332 e. The van der Waals surface area contributed by atoms with Crippen molar-refractivity contribution >= 4 is 34.2 Å². The zero-order valence-corrected chi connectivity index (χ0v) is 29.1. The maximum absolute atomic E-state index is 14.1. The first kappa shape index (κ1) is 34.4. The summed E-state index contributed by atoms with van der Waals surface area (Å²) in [6.45, 7) is 11.4. The molecule has 4 aliphatic rings. The van der Waals surface area contributed by atoms with E-state index >= 15 is 0 Å². The molecule has 48 heavy (non-hydrogen) atoms. The fourth-order valence-electron chi connectivity index (χ4n) is 9.46. The number of rotatable bonds is 11. The van der Waals surface area contributed by atoms with Gasteiger partial charge in [0.2, 0.25) is 11.8 Å². The topological polar surface area (TPSA) is 112 Å². The van der Waals surface area contributed by atoms with Gasteiger partial charge in [-0.15, -0.1) is 0 Å². The lowest BCUT2D eigenvalue weighted by molar-refractivity contribution is -0.160. The lowest BCUT2D eigenvalue weighted by Gasteiger charge is -2.58. The Balaban J connectivity index is 1.03. The molecule has 2 N–H and O–H groups in total. The Morgan fingerprint density at radius 2 is 1.65 bits per heavy atom. The molecule has 0 bridgehead atoms. The number of carbonyl (C=O) groups is 3. The molecule has 6 rings (SSSR count). The molecule has 2 aromatic carbocycles. The summed E-state index contributed by atoms with van der Waals surface area (Å²) in [6, 6.07) is 12.1. The van der Waals surface area contributed by atoms with Crippen molar-refractivity contribution in [2.75, 3.05) is 38.4 Å². The highest BCUT2D eigenvalue weighted by atomic mass is 16.6. The lowest BCUT2D eigenvalue weighted by Crippen LogP contribution is -2.59. The SMILES string of the molecule is CC(C)(C)OC(=O)COCCOCCOc1cccc2c(NC(=O)[C@H]3CC[C@H]4[C@@H]5CC[C@H]6NC(=O)C=C[C@]6(C)[C@H]5CC[C@]34C)cccc12. The Kier molecular flexibility index (Phi) is 9.92. The van der Waals surface area contributed by atoms with Crippen LogP contribution in [0.2, 0.25) is 0 Å². The van der Waals surface area contributed by atoms with Gasteiger partial charge in [-0.05, 0) is 101 Å². The van der Waals surface area contributed by atoms with Crippen molar-refractivity contribution in [2.45, 2.75) is 84.8 Å². The van der Waals surface area contributed by atoms with Gasteiger partial charge in [0, 0.05) is 33.8 Å². The molecule has 1 aliphatic heterocycles. The molecule has 9 heteroatoms. The third-order valence-corrected chi connectivity index (χ3v) is 11.6. The number of esters is 1. The largest absolute Gasteiger partial charge is 0.491 e. The van der Waals surface area contributed by atoms with Crippen LogP contribution in [0.1, 0.15) is 73.1 Å². The Morgan fingerprint density at radius 1 is 0.896 bits per heavy atom. The summed E-state index contributed by atoms with van der Waals surface area (Å²) in [7, 11) is 0. The Morgan fingerprint density at radius 3 is 2.46 bits per heavy atom. The van der Waals surface area contributed by atoms with Gasteiger partial charge in [-0.1, -0.05) is 44.2 Å². The Bertz CT molecular complexity index is 1550. The molecule has 0 aromatic heterocycles. The molecule has 0 saturated heterocycles. The van der Waals surface area contributed by atoms with E-state index in [1.807, 2.05) is 57.2 Å². The molecule has 7 atom stereocenters. The van der Waals surface area contributed by atoms with Crippen molar-refractivity contribution in [3.63, 3.8) is 0 Å². The average Bonchev–Trinajstić information content (AvgIpc) is 3.39.